The molecular formula is C28H36BrN5O6. The second-order valence-corrected chi connectivity index (χ2v) is 9.59. The predicted molar refractivity (Wildman–Crippen MR) is 156 cm³/mol. The third-order valence-electron chi connectivity index (χ3n) is 6.78. The number of hydrogen-bond donors (Lipinski definition) is 3. The summed E-state index contributed by atoms with van der Waals surface area (Å²) in [5.41, 5.74) is 2.59. The minimum atomic E-state index is -0.831. The number of halogens is 1. The molecule has 1 aromatic carbocycles. The standard InChI is InChI=1S/C28H35N5O6.BrH/c1-3-38-23-14-19-16-33(27(29)25(19)31-26(23)28(37)30-2)17-22(34)18-12-20(32-9-5-6-10-32)15-21(13-18)39-11-7-4-8-24(35)36;/h12-15,29H,3-11,16-17H2,1-2H3,(H,30,37)(H,35,36);1H. The molecule has 3 heterocycles. The number of aromatic nitrogens is 1. The van der Waals surface area contributed by atoms with E-state index in [2.05, 4.69) is 15.2 Å². The van der Waals surface area contributed by atoms with E-state index in [0.717, 1.165) is 37.2 Å². The van der Waals surface area contributed by atoms with Crippen LogP contribution in [0.5, 0.6) is 11.5 Å². The summed E-state index contributed by atoms with van der Waals surface area (Å²) in [4.78, 5) is 44.8. The SMILES string of the molecule is Br.CCOc1cc2c(nc1C(=O)NC)C(=N)N(CC(=O)c1cc(OCCCCC(=O)O)cc(N3CCCC3)c1)C2. The first-order chi connectivity index (χ1) is 18.8. The minimum absolute atomic E-state index is 0. The van der Waals surface area contributed by atoms with Gasteiger partial charge in [0.25, 0.3) is 5.91 Å². The van der Waals surface area contributed by atoms with E-state index in [-0.39, 0.29) is 47.3 Å². The molecular weight excluding hydrogens is 582 g/mol. The van der Waals surface area contributed by atoms with Crippen molar-refractivity contribution in [3.05, 3.63) is 46.8 Å². The number of nitrogens with zero attached hydrogens (tertiary/aromatic N) is 3. The zero-order valence-electron chi connectivity index (χ0n) is 22.8. The Hall–Kier alpha value is -3.67. The number of aliphatic carboxylic acids is 1. The quantitative estimate of drug-likeness (QED) is 0.226. The van der Waals surface area contributed by atoms with Gasteiger partial charge in [0.1, 0.15) is 17.3 Å². The summed E-state index contributed by atoms with van der Waals surface area (Å²) in [7, 11) is 1.51. The Labute approximate surface area is 244 Å². The summed E-state index contributed by atoms with van der Waals surface area (Å²) in [5.74, 6) is -0.408. The van der Waals surface area contributed by atoms with Crippen LogP contribution < -0.4 is 19.7 Å². The second kappa shape index (κ2) is 14.1. The smallest absolute Gasteiger partial charge is 0.303 e. The Morgan fingerprint density at radius 1 is 1.10 bits per heavy atom. The van der Waals surface area contributed by atoms with Crippen LogP contribution in [-0.2, 0) is 11.3 Å². The number of fused-ring (bicyclic) bond motifs is 1. The minimum Gasteiger partial charge on any atom is -0.493 e. The molecule has 3 N–H and O–H groups in total. The fourth-order valence-electron chi connectivity index (χ4n) is 4.79. The number of carboxylic acid groups (broad SMARTS) is 1. The molecule has 2 aromatic rings. The van der Waals surface area contributed by atoms with Crippen LogP contribution in [-0.4, -0.2) is 78.4 Å². The molecule has 0 atom stereocenters. The lowest BCUT2D eigenvalue weighted by Crippen LogP contribution is -2.31. The summed E-state index contributed by atoms with van der Waals surface area (Å²) in [6, 6.07) is 7.22. The Kier molecular flexibility index (Phi) is 10.9. The number of unbranched alkanes of at least 4 members (excludes halogenated alkanes) is 1. The fourth-order valence-corrected chi connectivity index (χ4v) is 4.79. The number of nitrogens with one attached hydrogen (secondary N) is 2. The van der Waals surface area contributed by atoms with E-state index in [9.17, 15) is 14.4 Å². The maximum absolute atomic E-state index is 13.5. The number of pyridine rings is 1. The number of ketones is 1. The van der Waals surface area contributed by atoms with E-state index >= 15 is 0 Å². The lowest BCUT2D eigenvalue weighted by Gasteiger charge is -2.21. The van der Waals surface area contributed by atoms with Gasteiger partial charge in [-0.3, -0.25) is 19.8 Å². The topological polar surface area (TPSA) is 145 Å². The molecule has 0 spiro atoms. The molecule has 2 aliphatic heterocycles. The van der Waals surface area contributed by atoms with E-state index in [1.54, 1.807) is 17.0 Å². The fraction of sp³-hybridized carbons (Fsp3) is 0.464. The Bertz CT molecular complexity index is 1260. The van der Waals surface area contributed by atoms with Gasteiger partial charge in [-0.25, -0.2) is 4.98 Å². The number of carbonyl (C=O) groups excluding carboxylic acids is 2. The highest BCUT2D eigenvalue weighted by molar-refractivity contribution is 8.93. The lowest BCUT2D eigenvalue weighted by atomic mass is 10.1. The highest BCUT2D eigenvalue weighted by atomic mass is 79.9. The number of hydrogen-bond acceptors (Lipinski definition) is 8. The molecule has 0 aliphatic carbocycles. The largest absolute Gasteiger partial charge is 0.493 e. The Morgan fingerprint density at radius 2 is 1.85 bits per heavy atom. The van der Waals surface area contributed by atoms with Crippen LogP contribution in [0.2, 0.25) is 0 Å². The second-order valence-electron chi connectivity index (χ2n) is 9.59. The van der Waals surface area contributed by atoms with Gasteiger partial charge in [0.2, 0.25) is 0 Å². The van der Waals surface area contributed by atoms with Crippen LogP contribution in [0.25, 0.3) is 0 Å². The molecule has 0 unspecified atom stereocenters. The third kappa shape index (κ3) is 7.29. The predicted octanol–water partition coefficient (Wildman–Crippen LogP) is 3.68. The molecule has 216 valence electrons. The zero-order valence-corrected chi connectivity index (χ0v) is 24.5. The van der Waals surface area contributed by atoms with E-state index in [0.29, 0.717) is 55.4 Å². The van der Waals surface area contributed by atoms with Crippen molar-refractivity contribution < 1.29 is 29.0 Å². The summed E-state index contributed by atoms with van der Waals surface area (Å²) >= 11 is 0. The number of ether oxygens (including phenoxy) is 2. The number of rotatable bonds is 13. The maximum atomic E-state index is 13.5. The van der Waals surface area contributed by atoms with Gasteiger partial charge in [-0.1, -0.05) is 0 Å². The van der Waals surface area contributed by atoms with Gasteiger partial charge in [-0.05, 0) is 50.8 Å². The molecule has 40 heavy (non-hydrogen) atoms. The third-order valence-corrected chi connectivity index (χ3v) is 6.78. The lowest BCUT2D eigenvalue weighted by molar-refractivity contribution is -0.137. The molecule has 0 saturated carbocycles. The van der Waals surface area contributed by atoms with Crippen LogP contribution in [0.1, 0.15) is 71.1 Å². The van der Waals surface area contributed by atoms with Crippen LogP contribution in [0.3, 0.4) is 0 Å². The van der Waals surface area contributed by atoms with Crippen LogP contribution in [0, 0.1) is 5.41 Å². The van der Waals surface area contributed by atoms with Crippen molar-refractivity contribution in [3.8, 4) is 11.5 Å². The van der Waals surface area contributed by atoms with Crippen molar-refractivity contribution in [1.82, 2.24) is 15.2 Å². The molecule has 1 amide bonds. The van der Waals surface area contributed by atoms with Crippen LogP contribution in [0.4, 0.5) is 5.69 Å². The van der Waals surface area contributed by atoms with E-state index < -0.39 is 11.9 Å². The molecule has 4 rings (SSSR count). The molecule has 1 aromatic heterocycles. The monoisotopic (exact) mass is 617 g/mol. The molecule has 11 nitrogen and oxygen atoms in total. The van der Waals surface area contributed by atoms with Crippen molar-refractivity contribution >= 4 is 46.2 Å². The van der Waals surface area contributed by atoms with E-state index in [1.807, 2.05) is 19.1 Å². The summed E-state index contributed by atoms with van der Waals surface area (Å²) in [6.45, 7) is 4.62. The number of carboxylic acids is 1. The average molecular weight is 619 g/mol. The Morgan fingerprint density at radius 3 is 2.52 bits per heavy atom. The molecule has 0 bridgehead atoms. The summed E-state index contributed by atoms with van der Waals surface area (Å²) < 4.78 is 11.5. The van der Waals surface area contributed by atoms with Crippen molar-refractivity contribution in [3.63, 3.8) is 0 Å². The normalized spacial score (nSPS) is 14.0. The van der Waals surface area contributed by atoms with Gasteiger partial charge in [0.15, 0.2) is 17.2 Å². The highest BCUT2D eigenvalue weighted by Crippen LogP contribution is 2.30. The van der Waals surface area contributed by atoms with Gasteiger partial charge in [-0.15, -0.1) is 17.0 Å². The van der Waals surface area contributed by atoms with Gasteiger partial charge in [0.05, 0.1) is 19.8 Å². The number of Topliss-reactive ketones (excluding diaryl/α,β-unsaturated/α-hetero) is 1. The van der Waals surface area contributed by atoms with Crippen molar-refractivity contribution in [2.24, 2.45) is 0 Å². The number of amides is 1. The first-order valence-corrected chi connectivity index (χ1v) is 13.3. The van der Waals surface area contributed by atoms with E-state index in [4.69, 9.17) is 20.0 Å². The summed E-state index contributed by atoms with van der Waals surface area (Å²) in [6.07, 6.45) is 3.38. The molecule has 1 saturated heterocycles. The van der Waals surface area contributed by atoms with E-state index in [1.165, 1.54) is 7.05 Å². The van der Waals surface area contributed by atoms with Gasteiger partial charge >= 0.3 is 5.97 Å². The van der Waals surface area contributed by atoms with Crippen LogP contribution >= 0.6 is 17.0 Å². The number of benzene rings is 1. The van der Waals surface area contributed by atoms with Crippen molar-refractivity contribution in [1.29, 1.82) is 5.41 Å². The molecule has 2 aliphatic rings. The molecule has 12 heteroatoms. The first-order valence-electron chi connectivity index (χ1n) is 13.3. The highest BCUT2D eigenvalue weighted by Gasteiger charge is 2.31. The molecule has 0 radical (unpaired) electrons. The zero-order chi connectivity index (χ0) is 27.9. The summed E-state index contributed by atoms with van der Waals surface area (Å²) in [5, 5.41) is 20.0. The van der Waals surface area contributed by atoms with Gasteiger partial charge < -0.3 is 29.7 Å². The van der Waals surface area contributed by atoms with Crippen molar-refractivity contribution in [2.45, 2.75) is 45.6 Å². The number of carbonyl (C=O) groups is 3. The number of anilines is 1. The maximum Gasteiger partial charge on any atom is 0.303 e. The Balaban J connectivity index is 0.00000441. The van der Waals surface area contributed by atoms with Crippen molar-refractivity contribution in [2.75, 3.05) is 44.8 Å². The number of amidine groups is 1. The van der Waals surface area contributed by atoms with Gasteiger partial charge in [0, 0.05) is 56.0 Å². The van der Waals surface area contributed by atoms with Crippen LogP contribution in [0.15, 0.2) is 24.3 Å². The average Bonchev–Trinajstić information content (AvgIpc) is 3.56. The first kappa shape index (κ1) is 30.9. The molecule has 1 fully saturated rings. The van der Waals surface area contributed by atoms with Gasteiger partial charge in [-0.2, -0.15) is 0 Å².